The number of benzene rings is 2. The number of nitrogens with zero attached hydrogens (tertiary/aromatic N) is 3. The van der Waals surface area contributed by atoms with Crippen LogP contribution in [0.15, 0.2) is 54.7 Å². The van der Waals surface area contributed by atoms with Crippen molar-refractivity contribution in [2.45, 2.75) is 12.5 Å². The number of carbonyl (C=O) groups is 1. The predicted octanol–water partition coefficient (Wildman–Crippen LogP) is 3.84. The van der Waals surface area contributed by atoms with Crippen LogP contribution < -0.4 is 4.74 Å². The number of fused-ring (bicyclic) bond motifs is 3. The number of halogens is 1. The van der Waals surface area contributed by atoms with Gasteiger partial charge in [-0.05, 0) is 53.9 Å². The van der Waals surface area contributed by atoms with Gasteiger partial charge in [-0.1, -0.05) is 12.1 Å². The van der Waals surface area contributed by atoms with E-state index < -0.39 is 0 Å². The van der Waals surface area contributed by atoms with Crippen LogP contribution in [0.25, 0.3) is 10.9 Å². The van der Waals surface area contributed by atoms with Crippen LogP contribution in [-0.4, -0.2) is 39.2 Å². The summed E-state index contributed by atoms with van der Waals surface area (Å²) in [5.41, 5.74) is 4.47. The molecule has 4 aromatic rings. The molecule has 0 aliphatic carbocycles. The van der Waals surface area contributed by atoms with Crippen LogP contribution in [0.4, 0.5) is 4.39 Å². The number of hydrogen-bond donors (Lipinski definition) is 1. The van der Waals surface area contributed by atoms with Gasteiger partial charge in [0.05, 0.1) is 13.2 Å². The second-order valence-corrected chi connectivity index (χ2v) is 7.47. The van der Waals surface area contributed by atoms with Crippen molar-refractivity contribution in [2.75, 3.05) is 13.7 Å². The fraction of sp³-hybridized carbons (Fsp3) is 0.217. The van der Waals surface area contributed by atoms with Gasteiger partial charge >= 0.3 is 0 Å². The number of nitrogens with one attached hydrogen (secondary N) is 1. The summed E-state index contributed by atoms with van der Waals surface area (Å²) in [6.07, 6.45) is 2.33. The maximum absolute atomic E-state index is 13.6. The molecule has 1 aliphatic rings. The standard InChI is InChI=1S/C23H21FN4O2/c1-27-20(9-11-25-27)23(29)28-12-10-17-18-13-16(30-2)7-8-19(18)26-21(17)22(28)14-3-5-15(24)6-4-14/h3-9,11,13,22,26H,10,12H2,1-2H3/t22-/m0/s1. The van der Waals surface area contributed by atoms with Crippen molar-refractivity contribution in [2.24, 2.45) is 7.05 Å². The number of methoxy groups -OCH3 is 1. The largest absolute Gasteiger partial charge is 0.497 e. The molecule has 1 aliphatic heterocycles. The first-order chi connectivity index (χ1) is 14.6. The molecule has 2 aromatic carbocycles. The number of H-pyrrole nitrogens is 1. The first-order valence-electron chi connectivity index (χ1n) is 9.79. The van der Waals surface area contributed by atoms with Crippen molar-refractivity contribution in [1.82, 2.24) is 19.7 Å². The molecule has 7 heteroatoms. The quantitative estimate of drug-likeness (QED) is 0.564. The van der Waals surface area contributed by atoms with Crippen LogP contribution in [0.2, 0.25) is 0 Å². The Morgan fingerprint density at radius 1 is 1.20 bits per heavy atom. The first kappa shape index (κ1) is 18.4. The van der Waals surface area contributed by atoms with E-state index in [-0.39, 0.29) is 17.8 Å². The van der Waals surface area contributed by atoms with E-state index in [4.69, 9.17) is 4.74 Å². The average Bonchev–Trinajstić information content (AvgIpc) is 3.36. The molecule has 0 bridgehead atoms. The van der Waals surface area contributed by atoms with E-state index in [9.17, 15) is 9.18 Å². The van der Waals surface area contributed by atoms with Crippen molar-refractivity contribution in [3.63, 3.8) is 0 Å². The van der Waals surface area contributed by atoms with Crippen molar-refractivity contribution >= 4 is 16.8 Å². The highest BCUT2D eigenvalue weighted by Crippen LogP contribution is 2.40. The molecular weight excluding hydrogens is 383 g/mol. The molecule has 2 aromatic heterocycles. The summed E-state index contributed by atoms with van der Waals surface area (Å²) in [5, 5.41) is 5.23. The summed E-state index contributed by atoms with van der Waals surface area (Å²) in [5.74, 6) is 0.378. The van der Waals surface area contributed by atoms with E-state index in [1.54, 1.807) is 43.2 Å². The molecule has 0 unspecified atom stereocenters. The van der Waals surface area contributed by atoms with Crippen LogP contribution in [-0.2, 0) is 13.5 Å². The number of aryl methyl sites for hydroxylation is 1. The van der Waals surface area contributed by atoms with E-state index in [1.165, 1.54) is 12.1 Å². The van der Waals surface area contributed by atoms with Crippen molar-refractivity contribution in [3.8, 4) is 5.75 Å². The molecule has 1 N–H and O–H groups in total. The topological polar surface area (TPSA) is 63.1 Å². The molecule has 0 fully saturated rings. The highest BCUT2D eigenvalue weighted by atomic mass is 19.1. The van der Waals surface area contributed by atoms with Crippen LogP contribution >= 0.6 is 0 Å². The van der Waals surface area contributed by atoms with E-state index >= 15 is 0 Å². The predicted molar refractivity (Wildman–Crippen MR) is 111 cm³/mol. The summed E-state index contributed by atoms with van der Waals surface area (Å²) in [7, 11) is 3.40. The number of aromatic nitrogens is 3. The van der Waals surface area contributed by atoms with Gasteiger partial charge in [-0.3, -0.25) is 9.48 Å². The van der Waals surface area contributed by atoms with E-state index in [0.29, 0.717) is 18.7 Å². The third kappa shape index (κ3) is 2.85. The lowest BCUT2D eigenvalue weighted by Crippen LogP contribution is -2.41. The summed E-state index contributed by atoms with van der Waals surface area (Å²) in [4.78, 5) is 18.8. The van der Waals surface area contributed by atoms with Crippen molar-refractivity contribution in [3.05, 3.63) is 83.1 Å². The normalized spacial score (nSPS) is 16.0. The Labute approximate surface area is 172 Å². The Morgan fingerprint density at radius 2 is 2.00 bits per heavy atom. The number of carbonyl (C=O) groups excluding carboxylic acids is 1. The minimum atomic E-state index is -0.352. The monoisotopic (exact) mass is 404 g/mol. The Bertz CT molecular complexity index is 1240. The molecule has 0 saturated heterocycles. The average molecular weight is 404 g/mol. The number of aromatic amines is 1. The summed E-state index contributed by atoms with van der Waals surface area (Å²) in [6, 6.07) is 13.6. The lowest BCUT2D eigenvalue weighted by molar-refractivity contribution is 0.0680. The molecule has 0 saturated carbocycles. The fourth-order valence-corrected chi connectivity index (χ4v) is 4.34. The Balaban J connectivity index is 1.68. The van der Waals surface area contributed by atoms with Gasteiger partial charge < -0.3 is 14.6 Å². The highest BCUT2D eigenvalue weighted by Gasteiger charge is 2.35. The van der Waals surface area contributed by atoms with Gasteiger partial charge in [0.1, 0.15) is 17.3 Å². The molecule has 5 rings (SSSR count). The minimum absolute atomic E-state index is 0.105. The van der Waals surface area contributed by atoms with Gasteiger partial charge in [-0.2, -0.15) is 5.10 Å². The van der Waals surface area contributed by atoms with Crippen molar-refractivity contribution in [1.29, 1.82) is 0 Å². The molecule has 152 valence electrons. The van der Waals surface area contributed by atoms with Crippen LogP contribution in [0, 0.1) is 5.82 Å². The zero-order chi connectivity index (χ0) is 20.8. The lowest BCUT2D eigenvalue weighted by Gasteiger charge is -2.36. The fourth-order valence-electron chi connectivity index (χ4n) is 4.34. The number of ether oxygens (including phenoxy) is 1. The molecule has 0 radical (unpaired) electrons. The summed E-state index contributed by atoms with van der Waals surface area (Å²) < 4.78 is 20.6. The Kier molecular flexibility index (Phi) is 4.31. The maximum Gasteiger partial charge on any atom is 0.272 e. The highest BCUT2D eigenvalue weighted by molar-refractivity contribution is 5.94. The van der Waals surface area contributed by atoms with E-state index in [1.807, 2.05) is 23.1 Å². The molecule has 1 atom stereocenters. The zero-order valence-electron chi connectivity index (χ0n) is 16.7. The Morgan fingerprint density at radius 3 is 2.70 bits per heavy atom. The second-order valence-electron chi connectivity index (χ2n) is 7.47. The molecule has 0 spiro atoms. The first-order valence-corrected chi connectivity index (χ1v) is 9.79. The smallest absolute Gasteiger partial charge is 0.272 e. The SMILES string of the molecule is COc1ccc2[nH]c3c(c2c1)CCN(C(=O)c1ccnn1C)[C@H]3c1ccc(F)cc1. The van der Waals surface area contributed by atoms with Gasteiger partial charge in [0.15, 0.2) is 0 Å². The number of rotatable bonds is 3. The van der Waals surface area contributed by atoms with Gasteiger partial charge in [-0.15, -0.1) is 0 Å². The summed E-state index contributed by atoms with van der Waals surface area (Å²) >= 11 is 0. The molecule has 6 nitrogen and oxygen atoms in total. The minimum Gasteiger partial charge on any atom is -0.497 e. The van der Waals surface area contributed by atoms with Gasteiger partial charge in [0, 0.05) is 36.4 Å². The van der Waals surface area contributed by atoms with Crippen LogP contribution in [0.1, 0.15) is 33.4 Å². The van der Waals surface area contributed by atoms with Gasteiger partial charge in [0.25, 0.3) is 5.91 Å². The van der Waals surface area contributed by atoms with E-state index in [0.717, 1.165) is 33.5 Å². The zero-order valence-corrected chi connectivity index (χ0v) is 16.7. The molecule has 3 heterocycles. The van der Waals surface area contributed by atoms with Crippen LogP contribution in [0.3, 0.4) is 0 Å². The van der Waals surface area contributed by atoms with Gasteiger partial charge in [0.2, 0.25) is 0 Å². The molecule has 30 heavy (non-hydrogen) atoms. The molecular formula is C23H21FN4O2. The van der Waals surface area contributed by atoms with Gasteiger partial charge in [-0.25, -0.2) is 4.39 Å². The summed E-state index contributed by atoms with van der Waals surface area (Å²) in [6.45, 7) is 0.545. The number of hydrogen-bond acceptors (Lipinski definition) is 3. The molecule has 1 amide bonds. The third-order valence-corrected chi connectivity index (χ3v) is 5.82. The Hall–Kier alpha value is -3.61. The third-order valence-electron chi connectivity index (χ3n) is 5.82. The second kappa shape index (κ2) is 7.02. The number of amides is 1. The van der Waals surface area contributed by atoms with Crippen molar-refractivity contribution < 1.29 is 13.9 Å². The van der Waals surface area contributed by atoms with E-state index in [2.05, 4.69) is 10.1 Å². The van der Waals surface area contributed by atoms with Crippen LogP contribution in [0.5, 0.6) is 5.75 Å². The maximum atomic E-state index is 13.6. The lowest BCUT2D eigenvalue weighted by atomic mass is 9.92.